The number of aromatic nitrogens is 2. The largest absolute Gasteiger partial charge is 0.391 e. The van der Waals surface area contributed by atoms with Gasteiger partial charge in [-0.05, 0) is 37.8 Å². The van der Waals surface area contributed by atoms with Gasteiger partial charge in [-0.15, -0.1) is 11.3 Å². The highest BCUT2D eigenvalue weighted by atomic mass is 35.5. The highest BCUT2D eigenvalue weighted by Crippen LogP contribution is 2.44. The Hall–Kier alpha value is -1.54. The summed E-state index contributed by atoms with van der Waals surface area (Å²) in [5, 5.41) is 0. The Morgan fingerprint density at radius 2 is 1.88 bits per heavy atom. The zero-order chi connectivity index (χ0) is 19.1. The van der Waals surface area contributed by atoms with E-state index in [2.05, 4.69) is 9.97 Å². The Morgan fingerprint density at radius 1 is 1.23 bits per heavy atom. The lowest BCUT2D eigenvalue weighted by molar-refractivity contribution is -0.182. The van der Waals surface area contributed by atoms with Gasteiger partial charge in [-0.2, -0.15) is 13.2 Å². The quantitative estimate of drug-likeness (QED) is 0.777. The Balaban J connectivity index is 2.01. The lowest BCUT2D eigenvalue weighted by Crippen LogP contribution is -2.29. The van der Waals surface area contributed by atoms with Gasteiger partial charge in [0.1, 0.15) is 0 Å². The number of halogens is 4. The number of alkyl halides is 3. The minimum Gasteiger partial charge on any atom is -0.348 e. The standard InChI is InChI=1S/C17H19ClF3N3OS/c1-24(2)16-22-14(9-3-5-10(6-4-9)17(19,20)21)13(15(25)23-16)11-7-8-12(18)26-11/h7-10H,3-6H2,1-2H3,(H,22,23,25)/t9-,10+. The molecule has 2 aromatic heterocycles. The highest BCUT2D eigenvalue weighted by molar-refractivity contribution is 7.19. The molecule has 1 N–H and O–H groups in total. The van der Waals surface area contributed by atoms with Crippen LogP contribution in [-0.2, 0) is 0 Å². The van der Waals surface area contributed by atoms with Crippen LogP contribution in [0.1, 0.15) is 37.3 Å². The van der Waals surface area contributed by atoms with E-state index in [9.17, 15) is 18.0 Å². The first kappa shape index (κ1) is 19.2. The second kappa shape index (κ2) is 7.23. The predicted molar refractivity (Wildman–Crippen MR) is 98.3 cm³/mol. The summed E-state index contributed by atoms with van der Waals surface area (Å²) in [7, 11) is 3.51. The highest BCUT2D eigenvalue weighted by Gasteiger charge is 2.42. The molecule has 0 atom stereocenters. The predicted octanol–water partition coefficient (Wildman–Crippen LogP) is 5.05. The first-order chi connectivity index (χ1) is 12.2. The summed E-state index contributed by atoms with van der Waals surface area (Å²) in [6.45, 7) is 0. The second-order valence-electron chi connectivity index (χ2n) is 6.74. The monoisotopic (exact) mass is 405 g/mol. The molecule has 142 valence electrons. The molecule has 26 heavy (non-hydrogen) atoms. The molecule has 9 heteroatoms. The number of rotatable bonds is 3. The molecule has 2 aromatic rings. The van der Waals surface area contributed by atoms with Gasteiger partial charge in [-0.3, -0.25) is 9.78 Å². The zero-order valence-electron chi connectivity index (χ0n) is 14.4. The average molecular weight is 406 g/mol. The van der Waals surface area contributed by atoms with Crippen molar-refractivity contribution in [2.45, 2.75) is 37.8 Å². The summed E-state index contributed by atoms with van der Waals surface area (Å²) in [5.41, 5.74) is 0.690. The lowest BCUT2D eigenvalue weighted by atomic mass is 9.79. The third-order valence-corrected chi connectivity index (χ3v) is 6.00. The van der Waals surface area contributed by atoms with Crippen molar-refractivity contribution < 1.29 is 13.2 Å². The third-order valence-electron chi connectivity index (χ3n) is 4.75. The van der Waals surface area contributed by atoms with E-state index in [1.165, 1.54) is 11.3 Å². The molecule has 1 aliphatic carbocycles. The maximum absolute atomic E-state index is 13.0. The summed E-state index contributed by atoms with van der Waals surface area (Å²) in [5.74, 6) is -1.05. The molecule has 0 amide bonds. The number of hydrogen-bond donors (Lipinski definition) is 1. The number of nitrogens with one attached hydrogen (secondary N) is 1. The number of aromatic amines is 1. The molecular weight excluding hydrogens is 387 g/mol. The van der Waals surface area contributed by atoms with Gasteiger partial charge in [-0.1, -0.05) is 11.6 Å². The minimum absolute atomic E-state index is 0.0601. The van der Waals surface area contributed by atoms with E-state index in [-0.39, 0.29) is 24.3 Å². The van der Waals surface area contributed by atoms with Crippen LogP contribution in [0.25, 0.3) is 10.4 Å². The van der Waals surface area contributed by atoms with E-state index < -0.39 is 12.1 Å². The van der Waals surface area contributed by atoms with Crippen molar-refractivity contribution in [3.05, 3.63) is 32.5 Å². The van der Waals surface area contributed by atoms with Gasteiger partial charge in [-0.25, -0.2) is 4.98 Å². The van der Waals surface area contributed by atoms with Crippen LogP contribution in [0.2, 0.25) is 4.34 Å². The molecule has 1 fully saturated rings. The van der Waals surface area contributed by atoms with Crippen molar-refractivity contribution in [3.8, 4) is 10.4 Å². The van der Waals surface area contributed by atoms with Crippen LogP contribution >= 0.6 is 22.9 Å². The number of anilines is 1. The topological polar surface area (TPSA) is 49.0 Å². The van der Waals surface area contributed by atoms with E-state index in [0.29, 0.717) is 39.3 Å². The van der Waals surface area contributed by atoms with Crippen LogP contribution < -0.4 is 10.5 Å². The van der Waals surface area contributed by atoms with Crippen molar-refractivity contribution >= 4 is 28.9 Å². The summed E-state index contributed by atoms with van der Waals surface area (Å²) in [4.78, 5) is 22.4. The molecule has 1 saturated carbocycles. The Labute approximate surface area is 158 Å². The molecule has 4 nitrogen and oxygen atoms in total. The van der Waals surface area contributed by atoms with Crippen LogP contribution in [0.4, 0.5) is 19.1 Å². The van der Waals surface area contributed by atoms with E-state index in [1.807, 2.05) is 0 Å². The molecule has 0 saturated heterocycles. The minimum atomic E-state index is -4.16. The maximum atomic E-state index is 13.0. The van der Waals surface area contributed by atoms with Gasteiger partial charge in [0.25, 0.3) is 5.56 Å². The Kier molecular flexibility index (Phi) is 5.35. The van der Waals surface area contributed by atoms with Crippen molar-refractivity contribution in [1.29, 1.82) is 0 Å². The molecule has 0 unspecified atom stereocenters. The molecule has 0 radical (unpaired) electrons. The molecule has 0 aliphatic heterocycles. The van der Waals surface area contributed by atoms with Crippen LogP contribution in [0.15, 0.2) is 16.9 Å². The van der Waals surface area contributed by atoms with Crippen LogP contribution in [-0.4, -0.2) is 30.2 Å². The van der Waals surface area contributed by atoms with Crippen LogP contribution in [0, 0.1) is 5.92 Å². The van der Waals surface area contributed by atoms with E-state index in [0.717, 1.165) is 0 Å². The van der Waals surface area contributed by atoms with E-state index >= 15 is 0 Å². The lowest BCUT2D eigenvalue weighted by Gasteiger charge is -2.30. The van der Waals surface area contributed by atoms with Gasteiger partial charge >= 0.3 is 6.18 Å². The van der Waals surface area contributed by atoms with Gasteiger partial charge in [0.2, 0.25) is 5.95 Å². The molecule has 0 bridgehead atoms. The smallest absolute Gasteiger partial charge is 0.348 e. The van der Waals surface area contributed by atoms with Gasteiger partial charge in [0.15, 0.2) is 0 Å². The maximum Gasteiger partial charge on any atom is 0.391 e. The second-order valence-corrected chi connectivity index (χ2v) is 8.45. The zero-order valence-corrected chi connectivity index (χ0v) is 15.9. The summed E-state index contributed by atoms with van der Waals surface area (Å²) >= 11 is 7.27. The first-order valence-electron chi connectivity index (χ1n) is 8.30. The number of thiophene rings is 1. The normalized spacial score (nSPS) is 21.0. The van der Waals surface area contributed by atoms with Gasteiger partial charge in [0.05, 0.1) is 21.5 Å². The molecule has 0 spiro atoms. The average Bonchev–Trinajstić information content (AvgIpc) is 2.99. The number of hydrogen-bond acceptors (Lipinski definition) is 4. The Bertz CT molecular complexity index is 839. The molecule has 1 aliphatic rings. The van der Waals surface area contributed by atoms with Gasteiger partial charge < -0.3 is 4.90 Å². The molecule has 2 heterocycles. The van der Waals surface area contributed by atoms with Crippen LogP contribution in [0.3, 0.4) is 0 Å². The fraction of sp³-hybridized carbons (Fsp3) is 0.529. The molecule has 0 aromatic carbocycles. The molecule has 3 rings (SSSR count). The van der Waals surface area contributed by atoms with Crippen molar-refractivity contribution in [1.82, 2.24) is 9.97 Å². The summed E-state index contributed by atoms with van der Waals surface area (Å²) < 4.78 is 39.4. The van der Waals surface area contributed by atoms with Crippen LogP contribution in [0.5, 0.6) is 0 Å². The fourth-order valence-electron chi connectivity index (χ4n) is 3.37. The third kappa shape index (κ3) is 3.91. The molecular formula is C17H19ClF3N3OS. The van der Waals surface area contributed by atoms with E-state index in [1.54, 1.807) is 31.1 Å². The van der Waals surface area contributed by atoms with Crippen molar-refractivity contribution in [2.75, 3.05) is 19.0 Å². The van der Waals surface area contributed by atoms with Crippen molar-refractivity contribution in [2.24, 2.45) is 5.92 Å². The van der Waals surface area contributed by atoms with E-state index in [4.69, 9.17) is 11.6 Å². The summed E-state index contributed by atoms with van der Waals surface area (Å²) in [6, 6.07) is 3.45. The van der Waals surface area contributed by atoms with Gasteiger partial charge in [0, 0.05) is 24.9 Å². The Morgan fingerprint density at radius 3 is 2.38 bits per heavy atom. The SMILES string of the molecule is CN(C)c1nc([C@H]2CC[C@@H](C(F)(F)F)CC2)c(-c2ccc(Cl)s2)c(=O)[nH]1. The number of nitrogens with zero attached hydrogens (tertiary/aromatic N) is 2. The summed E-state index contributed by atoms with van der Waals surface area (Å²) in [6.07, 6.45) is -3.32. The fourth-order valence-corrected chi connectivity index (χ4v) is 4.46. The van der Waals surface area contributed by atoms with Crippen molar-refractivity contribution in [3.63, 3.8) is 0 Å². The first-order valence-corrected chi connectivity index (χ1v) is 9.50. The number of H-pyrrole nitrogens is 1.